The standard InChI is InChI=1S/C16H28N2O/c1-4-7-13(8-5-2)16(18-17)14-9-11-15(12-10-14)19-6-3/h9-13,16,18H,4-8,17H2,1-3H3. The van der Waals surface area contributed by atoms with Gasteiger partial charge in [-0.3, -0.25) is 11.3 Å². The molecule has 0 aromatic heterocycles. The third-order valence-electron chi connectivity index (χ3n) is 3.52. The van der Waals surface area contributed by atoms with Gasteiger partial charge in [0.15, 0.2) is 0 Å². The van der Waals surface area contributed by atoms with Crippen molar-refractivity contribution >= 4 is 0 Å². The quantitative estimate of drug-likeness (QED) is 0.527. The monoisotopic (exact) mass is 264 g/mol. The van der Waals surface area contributed by atoms with Crippen LogP contribution >= 0.6 is 0 Å². The highest BCUT2D eigenvalue weighted by Gasteiger charge is 2.20. The first kappa shape index (κ1) is 16.0. The Hall–Kier alpha value is -1.06. The molecule has 3 N–H and O–H groups in total. The summed E-state index contributed by atoms with van der Waals surface area (Å²) in [6.45, 7) is 7.16. The van der Waals surface area contributed by atoms with E-state index in [1.165, 1.54) is 31.2 Å². The van der Waals surface area contributed by atoms with Crippen molar-refractivity contribution in [2.45, 2.75) is 52.5 Å². The molecule has 1 aromatic carbocycles. The van der Waals surface area contributed by atoms with E-state index in [1.54, 1.807) is 0 Å². The summed E-state index contributed by atoms with van der Waals surface area (Å²) in [5.74, 6) is 7.30. The van der Waals surface area contributed by atoms with Crippen LogP contribution in [0.25, 0.3) is 0 Å². The van der Waals surface area contributed by atoms with Crippen LogP contribution in [0.15, 0.2) is 24.3 Å². The minimum atomic E-state index is 0.232. The van der Waals surface area contributed by atoms with Gasteiger partial charge in [-0.05, 0) is 43.4 Å². The molecule has 0 aliphatic carbocycles. The van der Waals surface area contributed by atoms with E-state index in [9.17, 15) is 0 Å². The van der Waals surface area contributed by atoms with Gasteiger partial charge in [-0.2, -0.15) is 0 Å². The summed E-state index contributed by atoms with van der Waals surface area (Å²) in [7, 11) is 0. The third kappa shape index (κ3) is 4.84. The normalized spacial score (nSPS) is 12.7. The zero-order valence-electron chi connectivity index (χ0n) is 12.5. The average Bonchev–Trinajstić information content (AvgIpc) is 2.42. The Morgan fingerprint density at radius 2 is 1.63 bits per heavy atom. The van der Waals surface area contributed by atoms with Crippen LogP contribution in [0.5, 0.6) is 5.75 Å². The summed E-state index contributed by atoms with van der Waals surface area (Å²) < 4.78 is 5.48. The summed E-state index contributed by atoms with van der Waals surface area (Å²) in [5, 5.41) is 0. The molecular formula is C16H28N2O. The molecule has 0 amide bonds. The van der Waals surface area contributed by atoms with E-state index in [0.717, 1.165) is 5.75 Å². The van der Waals surface area contributed by atoms with Gasteiger partial charge in [0, 0.05) is 6.04 Å². The highest BCUT2D eigenvalue weighted by Crippen LogP contribution is 2.30. The van der Waals surface area contributed by atoms with Crippen molar-refractivity contribution in [3.63, 3.8) is 0 Å². The SMILES string of the molecule is CCCC(CCC)C(NN)c1ccc(OCC)cc1. The number of rotatable bonds is 9. The lowest BCUT2D eigenvalue weighted by molar-refractivity contribution is 0.317. The summed E-state index contributed by atoms with van der Waals surface area (Å²) in [6, 6.07) is 8.52. The van der Waals surface area contributed by atoms with Crippen LogP contribution in [-0.4, -0.2) is 6.61 Å². The summed E-state index contributed by atoms with van der Waals surface area (Å²) in [5.41, 5.74) is 4.25. The maximum atomic E-state index is 5.78. The topological polar surface area (TPSA) is 47.3 Å². The van der Waals surface area contributed by atoms with E-state index < -0.39 is 0 Å². The van der Waals surface area contributed by atoms with Gasteiger partial charge in [-0.25, -0.2) is 0 Å². The van der Waals surface area contributed by atoms with Gasteiger partial charge >= 0.3 is 0 Å². The molecular weight excluding hydrogens is 236 g/mol. The Kier molecular flexibility index (Phi) is 7.53. The maximum Gasteiger partial charge on any atom is 0.119 e. The van der Waals surface area contributed by atoms with Crippen LogP contribution in [0.1, 0.15) is 58.1 Å². The van der Waals surface area contributed by atoms with Gasteiger partial charge in [0.1, 0.15) is 5.75 Å². The number of ether oxygens (including phenoxy) is 1. The van der Waals surface area contributed by atoms with Gasteiger partial charge in [0.25, 0.3) is 0 Å². The highest BCUT2D eigenvalue weighted by molar-refractivity contribution is 5.29. The van der Waals surface area contributed by atoms with E-state index in [4.69, 9.17) is 10.6 Å². The number of hydrogen-bond donors (Lipinski definition) is 2. The van der Waals surface area contributed by atoms with E-state index in [0.29, 0.717) is 12.5 Å². The number of hydrazine groups is 1. The Morgan fingerprint density at radius 1 is 1.05 bits per heavy atom. The predicted molar refractivity (Wildman–Crippen MR) is 81.0 cm³/mol. The molecule has 0 spiro atoms. The molecule has 0 bridgehead atoms. The van der Waals surface area contributed by atoms with Gasteiger partial charge < -0.3 is 4.74 Å². The molecule has 1 aromatic rings. The predicted octanol–water partition coefficient (Wildman–Crippen LogP) is 3.81. The molecule has 0 saturated carbocycles. The Balaban J connectivity index is 2.81. The number of nitrogens with one attached hydrogen (secondary N) is 1. The summed E-state index contributed by atoms with van der Waals surface area (Å²) in [4.78, 5) is 0. The van der Waals surface area contributed by atoms with Gasteiger partial charge in [-0.1, -0.05) is 38.8 Å². The lowest BCUT2D eigenvalue weighted by Gasteiger charge is -2.26. The van der Waals surface area contributed by atoms with Crippen molar-refractivity contribution in [1.82, 2.24) is 5.43 Å². The van der Waals surface area contributed by atoms with Crippen molar-refractivity contribution in [2.24, 2.45) is 11.8 Å². The van der Waals surface area contributed by atoms with Crippen LogP contribution in [0.3, 0.4) is 0 Å². The fourth-order valence-electron chi connectivity index (χ4n) is 2.66. The molecule has 19 heavy (non-hydrogen) atoms. The van der Waals surface area contributed by atoms with E-state index >= 15 is 0 Å². The third-order valence-corrected chi connectivity index (χ3v) is 3.52. The first-order chi connectivity index (χ1) is 9.26. The van der Waals surface area contributed by atoms with E-state index in [2.05, 4.69) is 31.4 Å². The lowest BCUT2D eigenvalue weighted by Crippen LogP contribution is -2.33. The second-order valence-corrected chi connectivity index (χ2v) is 4.98. The van der Waals surface area contributed by atoms with Crippen LogP contribution in [-0.2, 0) is 0 Å². The zero-order chi connectivity index (χ0) is 14.1. The molecule has 0 fully saturated rings. The molecule has 1 atom stereocenters. The summed E-state index contributed by atoms with van der Waals surface area (Å²) >= 11 is 0. The van der Waals surface area contributed by atoms with E-state index in [1.807, 2.05) is 19.1 Å². The Labute approximate surface area is 117 Å². The molecule has 0 radical (unpaired) electrons. The minimum Gasteiger partial charge on any atom is -0.494 e. The number of hydrogen-bond acceptors (Lipinski definition) is 3. The van der Waals surface area contributed by atoms with Crippen molar-refractivity contribution in [3.05, 3.63) is 29.8 Å². The second-order valence-electron chi connectivity index (χ2n) is 4.98. The van der Waals surface area contributed by atoms with Crippen LogP contribution in [0.2, 0.25) is 0 Å². The largest absolute Gasteiger partial charge is 0.494 e. The van der Waals surface area contributed by atoms with Crippen molar-refractivity contribution < 1.29 is 4.74 Å². The first-order valence-corrected chi connectivity index (χ1v) is 7.45. The molecule has 0 aliphatic rings. The van der Waals surface area contributed by atoms with Crippen LogP contribution in [0.4, 0.5) is 0 Å². The van der Waals surface area contributed by atoms with Gasteiger partial charge in [0.05, 0.1) is 6.61 Å². The van der Waals surface area contributed by atoms with Crippen molar-refractivity contribution in [3.8, 4) is 5.75 Å². The van der Waals surface area contributed by atoms with Crippen molar-refractivity contribution in [2.75, 3.05) is 6.61 Å². The molecule has 1 rings (SSSR count). The fourth-order valence-corrected chi connectivity index (χ4v) is 2.66. The van der Waals surface area contributed by atoms with Gasteiger partial charge in [-0.15, -0.1) is 0 Å². The van der Waals surface area contributed by atoms with Crippen LogP contribution in [0, 0.1) is 5.92 Å². The highest BCUT2D eigenvalue weighted by atomic mass is 16.5. The molecule has 0 saturated heterocycles. The van der Waals surface area contributed by atoms with Crippen molar-refractivity contribution in [1.29, 1.82) is 0 Å². The molecule has 3 nitrogen and oxygen atoms in total. The molecule has 1 unspecified atom stereocenters. The molecule has 3 heteroatoms. The average molecular weight is 264 g/mol. The molecule has 0 heterocycles. The lowest BCUT2D eigenvalue weighted by atomic mass is 9.86. The maximum absolute atomic E-state index is 5.78. The van der Waals surface area contributed by atoms with Gasteiger partial charge in [0.2, 0.25) is 0 Å². The summed E-state index contributed by atoms with van der Waals surface area (Å²) in [6.07, 6.45) is 4.80. The number of nitrogens with two attached hydrogens (primary N) is 1. The van der Waals surface area contributed by atoms with E-state index in [-0.39, 0.29) is 6.04 Å². The Bertz CT molecular complexity index is 331. The Morgan fingerprint density at radius 3 is 2.05 bits per heavy atom. The zero-order valence-corrected chi connectivity index (χ0v) is 12.5. The fraction of sp³-hybridized carbons (Fsp3) is 0.625. The molecule has 108 valence electrons. The molecule has 0 aliphatic heterocycles. The first-order valence-electron chi connectivity index (χ1n) is 7.45. The second kappa shape index (κ2) is 8.94. The smallest absolute Gasteiger partial charge is 0.119 e. The minimum absolute atomic E-state index is 0.232. The van der Waals surface area contributed by atoms with Crippen LogP contribution < -0.4 is 16.0 Å². The number of benzene rings is 1.